The van der Waals surface area contributed by atoms with E-state index in [-0.39, 0.29) is 10.8 Å². The van der Waals surface area contributed by atoms with Gasteiger partial charge in [0.15, 0.2) is 11.6 Å². The van der Waals surface area contributed by atoms with Crippen LogP contribution in [-0.2, 0) is 11.2 Å². The molecule has 1 fully saturated rings. The molecule has 0 atom stereocenters. The Balaban J connectivity index is 1.40. The second-order valence-corrected chi connectivity index (χ2v) is 11.5. The minimum atomic E-state index is -1.20. The lowest BCUT2D eigenvalue weighted by atomic mass is 9.73. The summed E-state index contributed by atoms with van der Waals surface area (Å²) < 4.78 is 46.4. The van der Waals surface area contributed by atoms with Gasteiger partial charge in [-0.2, -0.15) is 0 Å². The monoisotopic (exact) mass is 576 g/mol. The standard InChI is InChI=1S/C29H35F3N4O3S/c1-35(2)25-18-33-24-7-6-20(39-3)17-22(24)21(25)5-4-8-29(28(37)34-38)9-11-36(12-10-29)13-14-40-26-16-19(30)15-23(31)27(26)32/h6-7,15-18,38H,4-5,8-14H2,1-3H3,(H,34,37). The zero-order valence-corrected chi connectivity index (χ0v) is 23.8. The van der Waals surface area contributed by atoms with E-state index < -0.39 is 22.9 Å². The zero-order chi connectivity index (χ0) is 28.9. The molecular formula is C29H35F3N4O3S. The molecule has 1 saturated heterocycles. The van der Waals surface area contributed by atoms with Crippen molar-refractivity contribution in [2.45, 2.75) is 37.0 Å². The molecule has 7 nitrogen and oxygen atoms in total. The molecule has 0 bridgehead atoms. The number of hydrogen-bond donors (Lipinski definition) is 2. The smallest absolute Gasteiger partial charge is 0.249 e. The van der Waals surface area contributed by atoms with Crippen LogP contribution in [-0.4, -0.2) is 67.6 Å². The third-order valence-corrected chi connectivity index (χ3v) is 8.74. The largest absolute Gasteiger partial charge is 0.497 e. The summed E-state index contributed by atoms with van der Waals surface area (Å²) in [5, 5.41) is 10.6. The molecule has 11 heteroatoms. The molecule has 1 aliphatic heterocycles. The van der Waals surface area contributed by atoms with Crippen molar-refractivity contribution in [2.75, 3.05) is 51.5 Å². The third-order valence-electron chi connectivity index (χ3n) is 7.75. The molecule has 2 N–H and O–H groups in total. The number of fused-ring (bicyclic) bond motifs is 1. The molecule has 0 aliphatic carbocycles. The Labute approximate surface area is 236 Å². The van der Waals surface area contributed by atoms with Crippen LogP contribution in [0.25, 0.3) is 10.9 Å². The fourth-order valence-electron chi connectivity index (χ4n) is 5.43. The number of aryl methyl sites for hydroxylation is 1. The van der Waals surface area contributed by atoms with Crippen molar-refractivity contribution < 1.29 is 27.9 Å². The van der Waals surface area contributed by atoms with E-state index in [9.17, 15) is 23.2 Å². The quantitative estimate of drug-likeness (QED) is 0.136. The predicted molar refractivity (Wildman–Crippen MR) is 151 cm³/mol. The van der Waals surface area contributed by atoms with Crippen molar-refractivity contribution in [2.24, 2.45) is 5.41 Å². The van der Waals surface area contributed by atoms with Gasteiger partial charge in [0.1, 0.15) is 11.6 Å². The Morgan fingerprint density at radius 1 is 1.20 bits per heavy atom. The summed E-state index contributed by atoms with van der Waals surface area (Å²) in [6, 6.07) is 7.34. The molecule has 40 heavy (non-hydrogen) atoms. The van der Waals surface area contributed by atoms with Gasteiger partial charge in [-0.05, 0) is 75.0 Å². The SMILES string of the molecule is COc1ccc2ncc(N(C)C)c(CCCC3(C(=O)NO)CCN(CCSc4cc(F)cc(F)c4F)CC3)c2c1. The lowest BCUT2D eigenvalue weighted by Crippen LogP contribution is -2.48. The van der Waals surface area contributed by atoms with Crippen molar-refractivity contribution in [1.29, 1.82) is 0 Å². The molecule has 1 aliphatic rings. The predicted octanol–water partition coefficient (Wildman–Crippen LogP) is 5.43. The van der Waals surface area contributed by atoms with E-state index in [0.29, 0.717) is 50.7 Å². The number of carbonyl (C=O) groups excluding carboxylic acids is 1. The van der Waals surface area contributed by atoms with Crippen LogP contribution in [0.2, 0.25) is 0 Å². The van der Waals surface area contributed by atoms with Crippen LogP contribution < -0.4 is 15.1 Å². The lowest BCUT2D eigenvalue weighted by Gasteiger charge is -2.40. The van der Waals surface area contributed by atoms with E-state index in [1.54, 1.807) is 7.11 Å². The fourth-order valence-corrected chi connectivity index (χ4v) is 6.42. The number of hydroxylamine groups is 1. The highest BCUT2D eigenvalue weighted by molar-refractivity contribution is 7.99. The summed E-state index contributed by atoms with van der Waals surface area (Å²) in [5.41, 5.74) is 4.18. The van der Waals surface area contributed by atoms with Crippen molar-refractivity contribution in [3.8, 4) is 5.75 Å². The number of nitrogens with zero attached hydrogens (tertiary/aromatic N) is 3. The van der Waals surface area contributed by atoms with E-state index in [1.165, 1.54) is 0 Å². The maximum absolute atomic E-state index is 14.0. The van der Waals surface area contributed by atoms with E-state index in [1.807, 2.05) is 48.9 Å². The minimum Gasteiger partial charge on any atom is -0.497 e. The number of nitrogens with one attached hydrogen (secondary N) is 1. The number of methoxy groups -OCH3 is 1. The van der Waals surface area contributed by atoms with Crippen molar-refractivity contribution >= 4 is 34.3 Å². The number of halogens is 3. The van der Waals surface area contributed by atoms with Crippen molar-refractivity contribution in [1.82, 2.24) is 15.4 Å². The van der Waals surface area contributed by atoms with Crippen LogP contribution in [0.1, 0.15) is 31.2 Å². The Bertz CT molecular complexity index is 1350. The van der Waals surface area contributed by atoms with Crippen LogP contribution in [0.5, 0.6) is 5.75 Å². The van der Waals surface area contributed by atoms with E-state index in [0.717, 1.165) is 58.6 Å². The number of carbonyl (C=O) groups is 1. The number of piperidine rings is 1. The van der Waals surface area contributed by atoms with Gasteiger partial charge in [0.05, 0.1) is 29.9 Å². The highest BCUT2D eigenvalue weighted by Gasteiger charge is 2.40. The number of aromatic nitrogens is 1. The van der Waals surface area contributed by atoms with Gasteiger partial charge in [-0.3, -0.25) is 15.0 Å². The molecule has 216 valence electrons. The Morgan fingerprint density at radius 3 is 2.62 bits per heavy atom. The molecule has 0 radical (unpaired) electrons. The van der Waals surface area contributed by atoms with Crippen LogP contribution in [0.3, 0.4) is 0 Å². The minimum absolute atomic E-state index is 0.0538. The molecule has 3 aromatic rings. The average Bonchev–Trinajstić information content (AvgIpc) is 2.95. The van der Waals surface area contributed by atoms with Gasteiger partial charge in [-0.15, -0.1) is 11.8 Å². The average molecular weight is 577 g/mol. The number of thioether (sulfide) groups is 1. The van der Waals surface area contributed by atoms with Gasteiger partial charge < -0.3 is 14.5 Å². The van der Waals surface area contributed by atoms with Crippen LogP contribution in [0.4, 0.5) is 18.9 Å². The molecule has 2 aromatic carbocycles. The molecule has 0 saturated carbocycles. The Morgan fingerprint density at radius 2 is 1.95 bits per heavy atom. The van der Waals surface area contributed by atoms with E-state index >= 15 is 0 Å². The summed E-state index contributed by atoms with van der Waals surface area (Å²) in [7, 11) is 5.58. The topological polar surface area (TPSA) is 77.9 Å². The summed E-state index contributed by atoms with van der Waals surface area (Å²) in [5.74, 6) is -2.23. The number of likely N-dealkylation sites (tertiary alicyclic amines) is 1. The first-order valence-corrected chi connectivity index (χ1v) is 14.2. The number of benzene rings is 2. The van der Waals surface area contributed by atoms with Crippen LogP contribution >= 0.6 is 11.8 Å². The van der Waals surface area contributed by atoms with Gasteiger partial charge in [0, 0.05) is 42.7 Å². The maximum Gasteiger partial charge on any atom is 0.249 e. The van der Waals surface area contributed by atoms with Crippen molar-refractivity contribution in [3.05, 3.63) is 59.5 Å². The Hall–Kier alpha value is -3.02. The Kier molecular flexibility index (Phi) is 9.81. The van der Waals surface area contributed by atoms with Crippen LogP contribution in [0, 0.1) is 22.9 Å². The van der Waals surface area contributed by atoms with Crippen LogP contribution in [0.15, 0.2) is 41.4 Å². The summed E-state index contributed by atoms with van der Waals surface area (Å²) in [4.78, 5) is 21.6. The molecule has 0 spiro atoms. The second kappa shape index (κ2) is 13.1. The molecular weight excluding hydrogens is 541 g/mol. The number of amides is 1. The molecule has 1 aromatic heterocycles. The third kappa shape index (κ3) is 6.64. The number of anilines is 1. The lowest BCUT2D eigenvalue weighted by molar-refractivity contribution is -0.143. The first-order valence-electron chi connectivity index (χ1n) is 13.2. The zero-order valence-electron chi connectivity index (χ0n) is 23.0. The molecule has 0 unspecified atom stereocenters. The first kappa shape index (κ1) is 30.0. The summed E-state index contributed by atoms with van der Waals surface area (Å²) >= 11 is 1.06. The molecule has 1 amide bonds. The number of pyridine rings is 1. The van der Waals surface area contributed by atoms with E-state index in [4.69, 9.17) is 4.74 Å². The second-order valence-electron chi connectivity index (χ2n) is 10.4. The van der Waals surface area contributed by atoms with Gasteiger partial charge in [0.2, 0.25) is 5.91 Å². The van der Waals surface area contributed by atoms with Gasteiger partial charge in [-0.25, -0.2) is 18.7 Å². The molecule has 2 heterocycles. The van der Waals surface area contributed by atoms with Crippen molar-refractivity contribution in [3.63, 3.8) is 0 Å². The molecule has 4 rings (SSSR count). The highest BCUT2D eigenvalue weighted by Crippen LogP contribution is 2.39. The fraction of sp³-hybridized carbons (Fsp3) is 0.448. The number of hydrogen-bond acceptors (Lipinski definition) is 7. The maximum atomic E-state index is 14.0. The summed E-state index contributed by atoms with van der Waals surface area (Å²) in [6.45, 7) is 1.81. The van der Waals surface area contributed by atoms with Gasteiger partial charge in [-0.1, -0.05) is 0 Å². The van der Waals surface area contributed by atoms with E-state index in [2.05, 4.69) is 9.88 Å². The van der Waals surface area contributed by atoms with Gasteiger partial charge >= 0.3 is 0 Å². The number of ether oxygens (including phenoxy) is 1. The van der Waals surface area contributed by atoms with Gasteiger partial charge in [0.25, 0.3) is 0 Å². The first-order chi connectivity index (χ1) is 19.2. The summed E-state index contributed by atoms with van der Waals surface area (Å²) in [6.07, 6.45) is 5.01. The number of rotatable bonds is 11. The highest BCUT2D eigenvalue weighted by atomic mass is 32.2. The normalized spacial score (nSPS) is 15.3.